The summed E-state index contributed by atoms with van der Waals surface area (Å²) in [7, 11) is -3.73. The molecule has 0 aliphatic rings. The predicted molar refractivity (Wildman–Crippen MR) is 142 cm³/mol. The Morgan fingerprint density at radius 3 is 2.17 bits per heavy atom. The van der Waals surface area contributed by atoms with E-state index in [4.69, 9.17) is 4.74 Å². The van der Waals surface area contributed by atoms with Crippen molar-refractivity contribution >= 4 is 15.4 Å². The van der Waals surface area contributed by atoms with Gasteiger partial charge in [-0.25, -0.2) is 12.9 Å². The van der Waals surface area contributed by atoms with Gasteiger partial charge in [0.25, 0.3) is 0 Å². The Morgan fingerprint density at radius 1 is 0.943 bits per heavy atom. The van der Waals surface area contributed by atoms with E-state index in [0.717, 1.165) is 31.7 Å². The van der Waals surface area contributed by atoms with Crippen LogP contribution in [0.1, 0.15) is 77.1 Å². The van der Waals surface area contributed by atoms with Gasteiger partial charge in [-0.1, -0.05) is 46.6 Å². The maximum absolute atomic E-state index is 13.7. The molecule has 0 fully saturated rings. The highest BCUT2D eigenvalue weighted by Gasteiger charge is 2.29. The van der Waals surface area contributed by atoms with E-state index >= 15 is 0 Å². The van der Waals surface area contributed by atoms with E-state index in [2.05, 4.69) is 23.8 Å². The monoisotopic (exact) mass is 499 g/mol. The summed E-state index contributed by atoms with van der Waals surface area (Å²) in [6, 6.07) is 12.4. The lowest BCUT2D eigenvalue weighted by molar-refractivity contribution is 0.229. The Kier molecular flexibility index (Phi) is 9.75. The van der Waals surface area contributed by atoms with Gasteiger partial charge in [0.2, 0.25) is 9.84 Å². The fourth-order valence-electron chi connectivity index (χ4n) is 4.26. The molecular formula is C28H41N3O3S. The first-order valence-electron chi connectivity index (χ1n) is 13.0. The van der Waals surface area contributed by atoms with Gasteiger partial charge in [-0.3, -0.25) is 0 Å². The highest BCUT2D eigenvalue weighted by atomic mass is 32.2. The molecule has 0 amide bonds. The van der Waals surface area contributed by atoms with Gasteiger partial charge in [-0.2, -0.15) is 5.10 Å². The maximum atomic E-state index is 13.7. The van der Waals surface area contributed by atoms with Crippen molar-refractivity contribution in [1.82, 2.24) is 14.5 Å². The third kappa shape index (κ3) is 6.64. The molecule has 7 heteroatoms. The second-order valence-electron chi connectivity index (χ2n) is 9.56. The summed E-state index contributed by atoms with van der Waals surface area (Å²) in [5.41, 5.74) is 2.11. The molecule has 0 saturated carbocycles. The number of aromatic nitrogens is 2. The highest BCUT2D eigenvalue weighted by molar-refractivity contribution is 7.91. The zero-order chi connectivity index (χ0) is 25.4. The lowest BCUT2D eigenvalue weighted by Crippen LogP contribution is -2.28. The fraction of sp³-hybridized carbons (Fsp3) is 0.536. The van der Waals surface area contributed by atoms with E-state index in [1.807, 2.05) is 39.0 Å². The number of hydrogen-bond acceptors (Lipinski definition) is 5. The average Bonchev–Trinajstić information content (AvgIpc) is 3.25. The lowest BCUT2D eigenvalue weighted by atomic mass is 10.1. The molecule has 0 spiro atoms. The minimum absolute atomic E-state index is 0.0177. The van der Waals surface area contributed by atoms with E-state index < -0.39 is 9.84 Å². The molecule has 2 aromatic heterocycles. The van der Waals surface area contributed by atoms with Gasteiger partial charge in [0.1, 0.15) is 10.6 Å². The normalized spacial score (nSPS) is 12.2. The number of benzene rings is 1. The summed E-state index contributed by atoms with van der Waals surface area (Å²) in [4.78, 5) is 3.08. The molecule has 6 nitrogen and oxygen atoms in total. The molecule has 3 rings (SSSR count). The molecular weight excluding hydrogens is 458 g/mol. The number of pyridine rings is 1. The topological polar surface area (TPSA) is 63.9 Å². The number of sulfone groups is 1. The maximum Gasteiger partial charge on any atom is 0.210 e. The molecule has 0 bridgehead atoms. The molecule has 0 aliphatic carbocycles. The van der Waals surface area contributed by atoms with E-state index in [1.165, 1.54) is 25.7 Å². The summed E-state index contributed by atoms with van der Waals surface area (Å²) in [5, 5.41) is 4.63. The molecule has 0 N–H and O–H groups in total. The quantitative estimate of drug-likeness (QED) is 0.245. The van der Waals surface area contributed by atoms with Crippen LogP contribution in [0.3, 0.4) is 0 Å². The van der Waals surface area contributed by atoms with Gasteiger partial charge in [0, 0.05) is 12.2 Å². The second kappa shape index (κ2) is 12.5. The van der Waals surface area contributed by atoms with Crippen LogP contribution in [0.2, 0.25) is 0 Å². The summed E-state index contributed by atoms with van der Waals surface area (Å²) in [6.45, 7) is 14.3. The third-order valence-electron chi connectivity index (χ3n) is 6.32. The molecule has 0 atom stereocenters. The average molecular weight is 500 g/mol. The smallest absolute Gasteiger partial charge is 0.210 e. The number of fused-ring (bicyclic) bond motifs is 1. The summed E-state index contributed by atoms with van der Waals surface area (Å²) in [5.74, 6) is 0.674. The molecule has 0 saturated heterocycles. The van der Waals surface area contributed by atoms with Crippen LogP contribution >= 0.6 is 0 Å². The Bertz CT molecular complexity index is 1180. The molecule has 3 aromatic rings. The van der Waals surface area contributed by atoms with Crippen molar-refractivity contribution in [2.24, 2.45) is 0 Å². The number of aryl methyl sites for hydroxylation is 1. The van der Waals surface area contributed by atoms with Crippen molar-refractivity contribution in [2.45, 2.75) is 82.4 Å². The van der Waals surface area contributed by atoms with Crippen LogP contribution in [-0.4, -0.2) is 49.2 Å². The molecule has 192 valence electrons. The molecule has 0 unspecified atom stereocenters. The Labute approximate surface area is 211 Å². The van der Waals surface area contributed by atoms with E-state index in [-0.39, 0.29) is 10.8 Å². The summed E-state index contributed by atoms with van der Waals surface area (Å²) >= 11 is 0. The number of nitrogens with zero attached hydrogens (tertiary/aromatic N) is 3. The van der Waals surface area contributed by atoms with Crippen molar-refractivity contribution in [2.75, 3.05) is 26.2 Å². The molecule has 1 aromatic carbocycles. The lowest BCUT2D eigenvalue weighted by Gasteiger charge is -2.21. The van der Waals surface area contributed by atoms with E-state index in [9.17, 15) is 8.42 Å². The third-order valence-corrected chi connectivity index (χ3v) is 8.17. The first-order valence-corrected chi connectivity index (χ1v) is 14.5. The van der Waals surface area contributed by atoms with Gasteiger partial charge < -0.3 is 9.64 Å². The van der Waals surface area contributed by atoms with Gasteiger partial charge in [0.05, 0.1) is 22.7 Å². The minimum Gasteiger partial charge on any atom is -0.494 e. The zero-order valence-corrected chi connectivity index (χ0v) is 22.8. The van der Waals surface area contributed by atoms with Gasteiger partial charge in [-0.05, 0) is 81.6 Å². The van der Waals surface area contributed by atoms with E-state index in [0.29, 0.717) is 28.5 Å². The second-order valence-corrected chi connectivity index (χ2v) is 11.4. The zero-order valence-electron chi connectivity index (χ0n) is 22.0. The van der Waals surface area contributed by atoms with Crippen LogP contribution in [0.4, 0.5) is 0 Å². The fourth-order valence-corrected chi connectivity index (χ4v) is 5.97. The molecule has 0 aliphatic heterocycles. The Morgan fingerprint density at radius 2 is 1.57 bits per heavy atom. The predicted octanol–water partition coefficient (Wildman–Crippen LogP) is 6.27. The Hall–Kier alpha value is -2.38. The largest absolute Gasteiger partial charge is 0.494 e. The van der Waals surface area contributed by atoms with Gasteiger partial charge in [-0.15, -0.1) is 0 Å². The summed E-state index contributed by atoms with van der Waals surface area (Å²) in [6.07, 6.45) is 5.83. The highest BCUT2D eigenvalue weighted by Crippen LogP contribution is 2.33. The van der Waals surface area contributed by atoms with Crippen molar-refractivity contribution in [3.63, 3.8) is 0 Å². The first kappa shape index (κ1) is 27.2. The van der Waals surface area contributed by atoms with Gasteiger partial charge in [0.15, 0.2) is 0 Å². The number of rotatable bonds is 14. The van der Waals surface area contributed by atoms with Crippen LogP contribution in [0, 0.1) is 6.92 Å². The number of unbranched alkanes of at least 4 members (excludes halogenated alkanes) is 2. The van der Waals surface area contributed by atoms with Crippen molar-refractivity contribution in [3.8, 4) is 5.75 Å². The van der Waals surface area contributed by atoms with E-state index in [1.54, 1.807) is 28.8 Å². The summed E-state index contributed by atoms with van der Waals surface area (Å²) < 4.78 is 35.0. The van der Waals surface area contributed by atoms with Crippen molar-refractivity contribution in [1.29, 1.82) is 0 Å². The van der Waals surface area contributed by atoms with Crippen LogP contribution in [0.5, 0.6) is 5.75 Å². The standard InChI is InChI=1S/C28H41N3O3S/c1-6-8-18-30(19-9-7-2)20-11-21-34-24-14-16-25(17-15-24)35(32,33)28-26-13-10-12-23(5)31(26)29-27(28)22(3)4/h10,12-17,22H,6-9,11,18-21H2,1-5H3. The van der Waals surface area contributed by atoms with Crippen molar-refractivity contribution in [3.05, 3.63) is 53.9 Å². The molecule has 35 heavy (non-hydrogen) atoms. The van der Waals surface area contributed by atoms with Crippen LogP contribution in [0.25, 0.3) is 5.52 Å². The van der Waals surface area contributed by atoms with Crippen LogP contribution in [-0.2, 0) is 9.84 Å². The molecule has 2 heterocycles. The number of ether oxygens (including phenoxy) is 1. The van der Waals surface area contributed by atoms with Gasteiger partial charge >= 0.3 is 0 Å². The van der Waals surface area contributed by atoms with Crippen LogP contribution in [0.15, 0.2) is 52.3 Å². The minimum atomic E-state index is -3.73. The Balaban J connectivity index is 1.70. The molecule has 0 radical (unpaired) electrons. The number of hydrogen-bond donors (Lipinski definition) is 0. The van der Waals surface area contributed by atoms with Crippen molar-refractivity contribution < 1.29 is 13.2 Å². The first-order chi connectivity index (χ1) is 16.8. The van der Waals surface area contributed by atoms with Crippen LogP contribution < -0.4 is 4.74 Å². The SMILES string of the molecule is CCCCN(CCCC)CCCOc1ccc(S(=O)(=O)c2c(C(C)C)nn3c(C)cccc23)cc1.